The molecule has 0 bridgehead atoms. The highest BCUT2D eigenvalue weighted by Gasteiger charge is 2.06. The van der Waals surface area contributed by atoms with E-state index < -0.39 is 0 Å². The predicted octanol–water partition coefficient (Wildman–Crippen LogP) is 2.56. The van der Waals surface area contributed by atoms with E-state index in [1.807, 2.05) is 19.1 Å². The molecule has 3 N–H and O–H groups in total. The van der Waals surface area contributed by atoms with Crippen LogP contribution in [-0.2, 0) is 4.79 Å². The van der Waals surface area contributed by atoms with E-state index in [4.69, 9.17) is 10.2 Å². The van der Waals surface area contributed by atoms with Crippen LogP contribution in [0, 0.1) is 6.92 Å². The van der Waals surface area contributed by atoms with Crippen molar-refractivity contribution < 1.29 is 9.21 Å². The molecule has 0 aliphatic carbocycles. The van der Waals surface area contributed by atoms with Gasteiger partial charge in [0, 0.05) is 29.6 Å². The van der Waals surface area contributed by atoms with Gasteiger partial charge in [-0.2, -0.15) is 0 Å². The molecule has 21 heavy (non-hydrogen) atoms. The second kappa shape index (κ2) is 7.04. The van der Waals surface area contributed by atoms with Gasteiger partial charge in [0.05, 0.1) is 0 Å². The maximum atomic E-state index is 11.8. The normalized spacial score (nSPS) is 10.8. The number of rotatable bonds is 6. The van der Waals surface area contributed by atoms with Gasteiger partial charge in [-0.05, 0) is 44.0 Å². The van der Waals surface area contributed by atoms with Crippen molar-refractivity contribution >= 4 is 22.6 Å². The molecule has 0 aliphatic rings. The van der Waals surface area contributed by atoms with Crippen LogP contribution in [0.15, 0.2) is 33.5 Å². The van der Waals surface area contributed by atoms with E-state index in [2.05, 4.69) is 5.32 Å². The van der Waals surface area contributed by atoms with Gasteiger partial charge in [0.1, 0.15) is 5.58 Å². The van der Waals surface area contributed by atoms with Gasteiger partial charge in [-0.1, -0.05) is 6.42 Å². The summed E-state index contributed by atoms with van der Waals surface area (Å²) in [4.78, 5) is 23.2. The van der Waals surface area contributed by atoms with Gasteiger partial charge < -0.3 is 15.5 Å². The number of unbranched alkanes of at least 4 members (excludes halogenated alkanes) is 2. The van der Waals surface area contributed by atoms with Crippen LogP contribution in [0.3, 0.4) is 0 Å². The molecule has 0 radical (unpaired) electrons. The van der Waals surface area contributed by atoms with Gasteiger partial charge in [0.15, 0.2) is 0 Å². The molecule has 1 amide bonds. The summed E-state index contributed by atoms with van der Waals surface area (Å²) in [5.74, 6) is -0.0404. The van der Waals surface area contributed by atoms with Crippen molar-refractivity contribution in [3.05, 3.63) is 40.2 Å². The quantitative estimate of drug-likeness (QED) is 0.632. The summed E-state index contributed by atoms with van der Waals surface area (Å²) >= 11 is 0. The van der Waals surface area contributed by atoms with E-state index in [0.29, 0.717) is 24.2 Å². The number of carbonyl (C=O) groups excluding carboxylic acids is 1. The van der Waals surface area contributed by atoms with Crippen LogP contribution >= 0.6 is 0 Å². The van der Waals surface area contributed by atoms with Crippen LogP contribution in [0.4, 0.5) is 5.69 Å². The lowest BCUT2D eigenvalue weighted by Crippen LogP contribution is -2.11. The zero-order valence-corrected chi connectivity index (χ0v) is 12.1. The van der Waals surface area contributed by atoms with Crippen molar-refractivity contribution in [3.63, 3.8) is 0 Å². The van der Waals surface area contributed by atoms with Gasteiger partial charge in [-0.3, -0.25) is 4.79 Å². The topological polar surface area (TPSA) is 85.3 Å². The number of aryl methyl sites for hydroxylation is 1. The molecule has 0 atom stereocenters. The summed E-state index contributed by atoms with van der Waals surface area (Å²) in [6.07, 6.45) is 3.18. The summed E-state index contributed by atoms with van der Waals surface area (Å²) < 4.78 is 5.16. The molecule has 112 valence electrons. The third-order valence-corrected chi connectivity index (χ3v) is 3.34. The molecule has 2 aromatic rings. The lowest BCUT2D eigenvalue weighted by molar-refractivity contribution is -0.116. The van der Waals surface area contributed by atoms with Crippen LogP contribution < -0.4 is 16.7 Å². The Morgan fingerprint density at radius 1 is 1.24 bits per heavy atom. The zero-order chi connectivity index (χ0) is 15.2. The van der Waals surface area contributed by atoms with E-state index in [1.165, 1.54) is 6.07 Å². The van der Waals surface area contributed by atoms with Gasteiger partial charge in [0.2, 0.25) is 5.91 Å². The minimum Gasteiger partial charge on any atom is -0.423 e. The highest BCUT2D eigenvalue weighted by molar-refractivity contribution is 5.93. The summed E-state index contributed by atoms with van der Waals surface area (Å²) in [5.41, 5.74) is 7.01. The second-order valence-corrected chi connectivity index (χ2v) is 5.11. The van der Waals surface area contributed by atoms with Crippen LogP contribution in [0.5, 0.6) is 0 Å². The fourth-order valence-electron chi connectivity index (χ4n) is 2.23. The Balaban J connectivity index is 2.05. The Hall–Kier alpha value is -2.14. The SMILES string of the molecule is Cc1cc(=O)oc2cc(NC(=O)CCCCCN)ccc12. The second-order valence-electron chi connectivity index (χ2n) is 5.11. The van der Waals surface area contributed by atoms with Crippen LogP contribution in [0.1, 0.15) is 31.2 Å². The fourth-order valence-corrected chi connectivity index (χ4v) is 2.23. The Labute approximate surface area is 123 Å². The Kier molecular flexibility index (Phi) is 5.11. The minimum atomic E-state index is -0.384. The Morgan fingerprint density at radius 3 is 2.81 bits per heavy atom. The molecular formula is C16H20N2O3. The van der Waals surface area contributed by atoms with E-state index in [9.17, 15) is 9.59 Å². The molecule has 1 aromatic carbocycles. The number of benzene rings is 1. The number of nitrogens with one attached hydrogen (secondary N) is 1. The first kappa shape index (κ1) is 15.3. The summed E-state index contributed by atoms with van der Waals surface area (Å²) in [6, 6.07) is 6.80. The van der Waals surface area contributed by atoms with Crippen molar-refractivity contribution in [1.82, 2.24) is 0 Å². The number of amides is 1. The molecule has 1 heterocycles. The third-order valence-electron chi connectivity index (χ3n) is 3.34. The van der Waals surface area contributed by atoms with Gasteiger partial charge >= 0.3 is 5.63 Å². The van der Waals surface area contributed by atoms with E-state index in [-0.39, 0.29) is 11.5 Å². The van der Waals surface area contributed by atoms with Crippen LogP contribution in [-0.4, -0.2) is 12.5 Å². The molecule has 0 fully saturated rings. The average molecular weight is 288 g/mol. The molecule has 2 rings (SSSR count). The maximum absolute atomic E-state index is 11.8. The number of nitrogens with two attached hydrogens (primary N) is 1. The summed E-state index contributed by atoms with van der Waals surface area (Å²) in [5, 5.41) is 3.69. The van der Waals surface area contributed by atoms with Crippen molar-refractivity contribution in [2.24, 2.45) is 5.73 Å². The maximum Gasteiger partial charge on any atom is 0.336 e. The first-order chi connectivity index (χ1) is 10.1. The van der Waals surface area contributed by atoms with E-state index in [0.717, 1.165) is 30.2 Å². The Bertz CT molecular complexity index is 691. The smallest absolute Gasteiger partial charge is 0.336 e. The largest absolute Gasteiger partial charge is 0.423 e. The average Bonchev–Trinajstić information content (AvgIpc) is 2.43. The molecule has 0 saturated heterocycles. The lowest BCUT2D eigenvalue weighted by Gasteiger charge is -2.07. The fraction of sp³-hybridized carbons (Fsp3) is 0.375. The molecule has 0 aliphatic heterocycles. The van der Waals surface area contributed by atoms with Crippen molar-refractivity contribution in [2.75, 3.05) is 11.9 Å². The van der Waals surface area contributed by atoms with Gasteiger partial charge in [-0.25, -0.2) is 4.79 Å². The first-order valence-corrected chi connectivity index (χ1v) is 7.14. The highest BCUT2D eigenvalue weighted by Crippen LogP contribution is 2.20. The lowest BCUT2D eigenvalue weighted by atomic mass is 10.1. The molecular weight excluding hydrogens is 268 g/mol. The van der Waals surface area contributed by atoms with E-state index in [1.54, 1.807) is 6.07 Å². The van der Waals surface area contributed by atoms with Gasteiger partial charge in [-0.15, -0.1) is 0 Å². The van der Waals surface area contributed by atoms with E-state index >= 15 is 0 Å². The number of carbonyl (C=O) groups is 1. The molecule has 5 nitrogen and oxygen atoms in total. The number of hydrogen-bond donors (Lipinski definition) is 2. The monoisotopic (exact) mass is 288 g/mol. The van der Waals surface area contributed by atoms with Crippen LogP contribution in [0.25, 0.3) is 11.0 Å². The van der Waals surface area contributed by atoms with Crippen molar-refractivity contribution in [3.8, 4) is 0 Å². The summed E-state index contributed by atoms with van der Waals surface area (Å²) in [6.45, 7) is 2.51. The first-order valence-electron chi connectivity index (χ1n) is 7.14. The highest BCUT2D eigenvalue weighted by atomic mass is 16.4. The molecule has 1 aromatic heterocycles. The molecule has 0 spiro atoms. The standard InChI is InChI=1S/C16H20N2O3/c1-11-9-16(20)21-14-10-12(6-7-13(11)14)18-15(19)5-3-2-4-8-17/h6-7,9-10H,2-5,8,17H2,1H3,(H,18,19). The molecule has 0 unspecified atom stereocenters. The number of anilines is 1. The van der Waals surface area contributed by atoms with Gasteiger partial charge in [0.25, 0.3) is 0 Å². The number of hydrogen-bond acceptors (Lipinski definition) is 4. The van der Waals surface area contributed by atoms with Crippen LogP contribution in [0.2, 0.25) is 0 Å². The molecule has 5 heteroatoms. The summed E-state index contributed by atoms with van der Waals surface area (Å²) in [7, 11) is 0. The predicted molar refractivity (Wildman–Crippen MR) is 83.4 cm³/mol. The van der Waals surface area contributed by atoms with Crippen molar-refractivity contribution in [2.45, 2.75) is 32.6 Å². The van der Waals surface area contributed by atoms with Crippen molar-refractivity contribution in [1.29, 1.82) is 0 Å². The minimum absolute atomic E-state index is 0.0404. The number of fused-ring (bicyclic) bond motifs is 1. The molecule has 0 saturated carbocycles. The zero-order valence-electron chi connectivity index (χ0n) is 12.1. The Morgan fingerprint density at radius 2 is 2.05 bits per heavy atom. The third kappa shape index (κ3) is 4.16.